The zero-order valence-electron chi connectivity index (χ0n) is 14.6. The molecule has 0 radical (unpaired) electrons. The molecule has 132 valence electrons. The topological polar surface area (TPSA) is 67.6 Å². The van der Waals surface area contributed by atoms with Gasteiger partial charge in [-0.15, -0.1) is 34.2 Å². The van der Waals surface area contributed by atoms with Crippen molar-refractivity contribution in [2.75, 3.05) is 20.7 Å². The molecule has 0 atom stereocenters. The van der Waals surface area contributed by atoms with E-state index in [4.69, 9.17) is 4.74 Å². The number of aryl methyl sites for hydroxylation is 1. The normalized spacial score (nSPS) is 10.9. The number of guanidine groups is 1. The van der Waals surface area contributed by atoms with Crippen molar-refractivity contribution in [3.63, 3.8) is 0 Å². The van der Waals surface area contributed by atoms with Crippen LogP contribution in [0, 0.1) is 0 Å². The first-order valence-electron chi connectivity index (χ1n) is 7.60. The highest BCUT2D eigenvalue weighted by Crippen LogP contribution is 2.18. The SMILES string of the molecule is CCNC(=NCc1nncn1C)N(C)Cc1ccccc1OC.I. The van der Waals surface area contributed by atoms with Crippen molar-refractivity contribution in [1.29, 1.82) is 0 Å². The Labute approximate surface area is 160 Å². The Hall–Kier alpha value is -1.84. The Balaban J connectivity index is 0.00000288. The van der Waals surface area contributed by atoms with Crippen molar-refractivity contribution in [2.24, 2.45) is 12.0 Å². The maximum Gasteiger partial charge on any atom is 0.194 e. The molecule has 0 aliphatic heterocycles. The van der Waals surface area contributed by atoms with Gasteiger partial charge < -0.3 is 19.5 Å². The van der Waals surface area contributed by atoms with Crippen molar-refractivity contribution in [3.8, 4) is 5.75 Å². The molecule has 0 fully saturated rings. The number of nitrogens with zero attached hydrogens (tertiary/aromatic N) is 5. The van der Waals surface area contributed by atoms with Crippen molar-refractivity contribution in [1.82, 2.24) is 25.0 Å². The van der Waals surface area contributed by atoms with Crippen LogP contribution in [0.3, 0.4) is 0 Å². The standard InChI is InChI=1S/C16H24N6O.HI/c1-5-17-16(18-10-15-20-19-12-22(15)3)21(2)11-13-8-6-7-9-14(13)23-4;/h6-9,12H,5,10-11H2,1-4H3,(H,17,18);1H. The molecule has 24 heavy (non-hydrogen) atoms. The van der Waals surface area contributed by atoms with Crippen molar-refractivity contribution >= 4 is 29.9 Å². The fourth-order valence-corrected chi connectivity index (χ4v) is 2.23. The van der Waals surface area contributed by atoms with Crippen LogP contribution in [0.15, 0.2) is 35.6 Å². The van der Waals surface area contributed by atoms with Crippen LogP contribution in [0.2, 0.25) is 0 Å². The molecule has 8 heteroatoms. The van der Waals surface area contributed by atoms with E-state index in [1.54, 1.807) is 13.4 Å². The molecule has 0 bridgehead atoms. The highest BCUT2D eigenvalue weighted by molar-refractivity contribution is 14.0. The number of nitrogens with one attached hydrogen (secondary N) is 1. The molecule has 1 N–H and O–H groups in total. The summed E-state index contributed by atoms with van der Waals surface area (Å²) >= 11 is 0. The fourth-order valence-electron chi connectivity index (χ4n) is 2.23. The Morgan fingerprint density at radius 1 is 1.38 bits per heavy atom. The molecule has 0 spiro atoms. The average molecular weight is 444 g/mol. The van der Waals surface area contributed by atoms with Gasteiger partial charge in [-0.1, -0.05) is 18.2 Å². The number of hydrogen-bond donors (Lipinski definition) is 1. The summed E-state index contributed by atoms with van der Waals surface area (Å²) in [4.78, 5) is 6.70. The molecule has 1 heterocycles. The molecule has 0 saturated carbocycles. The lowest BCUT2D eigenvalue weighted by Crippen LogP contribution is -2.38. The van der Waals surface area contributed by atoms with Gasteiger partial charge >= 0.3 is 0 Å². The number of aromatic nitrogens is 3. The van der Waals surface area contributed by atoms with Gasteiger partial charge in [0.25, 0.3) is 0 Å². The van der Waals surface area contributed by atoms with Crippen molar-refractivity contribution < 1.29 is 4.74 Å². The van der Waals surface area contributed by atoms with E-state index in [2.05, 4.69) is 38.4 Å². The van der Waals surface area contributed by atoms with Crippen LogP contribution >= 0.6 is 24.0 Å². The summed E-state index contributed by atoms with van der Waals surface area (Å²) < 4.78 is 7.28. The Kier molecular flexibility index (Phi) is 8.51. The van der Waals surface area contributed by atoms with E-state index in [1.165, 1.54) is 0 Å². The largest absolute Gasteiger partial charge is 0.496 e. The van der Waals surface area contributed by atoms with Crippen molar-refractivity contribution in [2.45, 2.75) is 20.0 Å². The lowest BCUT2D eigenvalue weighted by molar-refractivity contribution is 0.396. The monoisotopic (exact) mass is 444 g/mol. The number of ether oxygens (including phenoxy) is 1. The minimum atomic E-state index is 0. The van der Waals surface area contributed by atoms with Crippen LogP contribution < -0.4 is 10.1 Å². The lowest BCUT2D eigenvalue weighted by Gasteiger charge is -2.23. The number of rotatable bonds is 6. The third-order valence-corrected chi connectivity index (χ3v) is 3.47. The van der Waals surface area contributed by atoms with Gasteiger partial charge in [0.2, 0.25) is 0 Å². The predicted octanol–water partition coefficient (Wildman–Crippen LogP) is 2.04. The van der Waals surface area contributed by atoms with Gasteiger partial charge in [-0.05, 0) is 13.0 Å². The third kappa shape index (κ3) is 5.36. The molecule has 2 aromatic rings. The maximum absolute atomic E-state index is 5.41. The second-order valence-corrected chi connectivity index (χ2v) is 5.20. The summed E-state index contributed by atoms with van der Waals surface area (Å²) in [5, 5.41) is 11.2. The van der Waals surface area contributed by atoms with Crippen LogP contribution in [-0.2, 0) is 20.1 Å². The van der Waals surface area contributed by atoms with E-state index >= 15 is 0 Å². The molecule has 1 aromatic carbocycles. The summed E-state index contributed by atoms with van der Waals surface area (Å²) in [5.74, 6) is 2.52. The van der Waals surface area contributed by atoms with Gasteiger partial charge in [-0.3, -0.25) is 0 Å². The van der Waals surface area contributed by atoms with E-state index in [-0.39, 0.29) is 24.0 Å². The van der Waals surface area contributed by atoms with Gasteiger partial charge in [0.05, 0.1) is 7.11 Å². The lowest BCUT2D eigenvalue weighted by atomic mass is 10.2. The number of methoxy groups -OCH3 is 1. The summed E-state index contributed by atoms with van der Waals surface area (Å²) in [6, 6.07) is 8.00. The summed E-state index contributed by atoms with van der Waals surface area (Å²) in [7, 11) is 5.60. The number of para-hydroxylation sites is 1. The van der Waals surface area contributed by atoms with Crippen LogP contribution in [0.4, 0.5) is 0 Å². The minimum Gasteiger partial charge on any atom is -0.496 e. The van der Waals surface area contributed by atoms with Crippen LogP contribution in [0.5, 0.6) is 5.75 Å². The van der Waals surface area contributed by atoms with E-state index in [0.717, 1.165) is 29.6 Å². The van der Waals surface area contributed by atoms with Crippen LogP contribution in [-0.4, -0.2) is 46.3 Å². The Morgan fingerprint density at radius 2 is 2.12 bits per heavy atom. The molecular weight excluding hydrogens is 419 g/mol. The second-order valence-electron chi connectivity index (χ2n) is 5.20. The van der Waals surface area contributed by atoms with Gasteiger partial charge in [0, 0.05) is 32.7 Å². The fraction of sp³-hybridized carbons (Fsp3) is 0.438. The van der Waals surface area contributed by atoms with Crippen LogP contribution in [0.1, 0.15) is 18.3 Å². The number of halogens is 1. The third-order valence-electron chi connectivity index (χ3n) is 3.47. The summed E-state index contributed by atoms with van der Waals surface area (Å²) in [5.41, 5.74) is 1.11. The molecule has 0 aliphatic rings. The average Bonchev–Trinajstić information content (AvgIpc) is 2.97. The smallest absolute Gasteiger partial charge is 0.194 e. The van der Waals surface area contributed by atoms with E-state index in [9.17, 15) is 0 Å². The first kappa shape index (κ1) is 20.2. The Bertz CT molecular complexity index is 658. The van der Waals surface area contributed by atoms with Crippen LogP contribution in [0.25, 0.3) is 0 Å². The molecule has 2 rings (SSSR count). The molecular formula is C16H25IN6O. The molecule has 0 unspecified atom stereocenters. The van der Waals surface area contributed by atoms with Crippen molar-refractivity contribution in [3.05, 3.63) is 42.0 Å². The highest BCUT2D eigenvalue weighted by Gasteiger charge is 2.10. The number of benzene rings is 1. The predicted molar refractivity (Wildman–Crippen MR) is 106 cm³/mol. The number of aliphatic imine (C=N–C) groups is 1. The molecule has 1 aromatic heterocycles. The van der Waals surface area contributed by atoms with E-state index < -0.39 is 0 Å². The zero-order chi connectivity index (χ0) is 16.7. The summed E-state index contributed by atoms with van der Waals surface area (Å²) in [6.45, 7) is 4.03. The van der Waals surface area contributed by atoms with Gasteiger partial charge in [-0.2, -0.15) is 0 Å². The molecule has 0 aliphatic carbocycles. The van der Waals surface area contributed by atoms with E-state index in [1.807, 2.05) is 36.9 Å². The summed E-state index contributed by atoms with van der Waals surface area (Å²) in [6.07, 6.45) is 1.68. The molecule has 7 nitrogen and oxygen atoms in total. The first-order chi connectivity index (χ1) is 11.2. The minimum absolute atomic E-state index is 0. The van der Waals surface area contributed by atoms with Gasteiger partial charge in [0.1, 0.15) is 18.6 Å². The van der Waals surface area contributed by atoms with E-state index in [0.29, 0.717) is 13.1 Å². The zero-order valence-corrected chi connectivity index (χ0v) is 16.9. The Morgan fingerprint density at radius 3 is 2.75 bits per heavy atom. The first-order valence-corrected chi connectivity index (χ1v) is 7.60. The maximum atomic E-state index is 5.41. The van der Waals surface area contributed by atoms with Gasteiger partial charge in [0.15, 0.2) is 11.8 Å². The molecule has 0 saturated heterocycles. The quantitative estimate of drug-likeness (QED) is 0.420. The highest BCUT2D eigenvalue weighted by atomic mass is 127. The van der Waals surface area contributed by atoms with Gasteiger partial charge in [-0.25, -0.2) is 4.99 Å². The second kappa shape index (κ2) is 10.1. The molecule has 0 amide bonds. The number of hydrogen-bond acceptors (Lipinski definition) is 4.